The van der Waals surface area contributed by atoms with Crippen molar-refractivity contribution < 1.29 is 9.53 Å². The molecule has 1 aromatic heterocycles. The van der Waals surface area contributed by atoms with E-state index in [4.69, 9.17) is 33.7 Å². The SMILES string of the molecule is Cc1ccc(CN2C(=O)C(=Cc3cn(-c4ccccc4)nc3-c3ccc(OCc4ccc(Cl)cc4)cc3)SC2=S)cc1. The van der Waals surface area contributed by atoms with Gasteiger partial charge in [0.2, 0.25) is 0 Å². The van der Waals surface area contributed by atoms with E-state index >= 15 is 0 Å². The molecule has 1 saturated heterocycles. The number of rotatable bonds is 8. The molecule has 208 valence electrons. The summed E-state index contributed by atoms with van der Waals surface area (Å²) in [7, 11) is 0. The maximum absolute atomic E-state index is 13.5. The molecule has 1 aliphatic rings. The number of thioether (sulfide) groups is 1. The Labute approximate surface area is 259 Å². The van der Waals surface area contributed by atoms with Crippen LogP contribution < -0.4 is 4.74 Å². The second-order valence-corrected chi connectivity index (χ2v) is 12.0. The van der Waals surface area contributed by atoms with Gasteiger partial charge < -0.3 is 4.74 Å². The fourth-order valence-corrected chi connectivity index (χ4v) is 5.91. The highest BCUT2D eigenvalue weighted by Crippen LogP contribution is 2.36. The Balaban J connectivity index is 1.28. The zero-order chi connectivity index (χ0) is 29.1. The molecule has 5 aromatic rings. The molecule has 0 N–H and O–H groups in total. The van der Waals surface area contributed by atoms with Crippen LogP contribution in [-0.2, 0) is 17.9 Å². The highest BCUT2D eigenvalue weighted by atomic mass is 35.5. The molecule has 0 spiro atoms. The Hall–Kier alpha value is -4.17. The number of halogens is 1. The van der Waals surface area contributed by atoms with Gasteiger partial charge in [0.05, 0.1) is 22.8 Å². The molecule has 8 heteroatoms. The number of nitrogens with zero attached hydrogens (tertiary/aromatic N) is 3. The Morgan fingerprint density at radius 2 is 1.60 bits per heavy atom. The highest BCUT2D eigenvalue weighted by Gasteiger charge is 2.32. The van der Waals surface area contributed by atoms with Crippen LogP contribution in [0, 0.1) is 6.92 Å². The fourth-order valence-electron chi connectivity index (χ4n) is 4.54. The maximum Gasteiger partial charge on any atom is 0.266 e. The van der Waals surface area contributed by atoms with E-state index in [1.807, 2.05) is 127 Å². The van der Waals surface area contributed by atoms with E-state index in [9.17, 15) is 4.79 Å². The Morgan fingerprint density at radius 3 is 2.31 bits per heavy atom. The summed E-state index contributed by atoms with van der Waals surface area (Å²) in [5.74, 6) is 0.643. The van der Waals surface area contributed by atoms with Gasteiger partial charge >= 0.3 is 0 Å². The van der Waals surface area contributed by atoms with Gasteiger partial charge in [0.15, 0.2) is 0 Å². The van der Waals surface area contributed by atoms with Crippen LogP contribution in [0.1, 0.15) is 22.3 Å². The third-order valence-corrected chi connectivity index (χ3v) is 8.46. The number of carbonyl (C=O) groups is 1. The third kappa shape index (κ3) is 6.34. The van der Waals surface area contributed by atoms with Crippen LogP contribution in [-0.4, -0.2) is 24.9 Å². The van der Waals surface area contributed by atoms with Crippen LogP contribution in [0.5, 0.6) is 5.75 Å². The summed E-state index contributed by atoms with van der Waals surface area (Å²) in [6, 6.07) is 33.5. The summed E-state index contributed by atoms with van der Waals surface area (Å²) >= 11 is 12.9. The van der Waals surface area contributed by atoms with Crippen LogP contribution in [0.25, 0.3) is 23.0 Å². The molecule has 0 aliphatic carbocycles. The average molecular weight is 608 g/mol. The van der Waals surface area contributed by atoms with Crippen molar-refractivity contribution in [3.63, 3.8) is 0 Å². The van der Waals surface area contributed by atoms with Crippen molar-refractivity contribution in [2.75, 3.05) is 0 Å². The van der Waals surface area contributed by atoms with Crippen molar-refractivity contribution in [2.24, 2.45) is 0 Å². The van der Waals surface area contributed by atoms with Gasteiger partial charge in [0.25, 0.3) is 5.91 Å². The summed E-state index contributed by atoms with van der Waals surface area (Å²) in [6.45, 7) is 2.92. The molecule has 1 amide bonds. The largest absolute Gasteiger partial charge is 0.489 e. The number of para-hydroxylation sites is 1. The smallest absolute Gasteiger partial charge is 0.266 e. The van der Waals surface area contributed by atoms with E-state index in [2.05, 4.69) is 0 Å². The molecule has 1 aliphatic heterocycles. The molecule has 1 fully saturated rings. The van der Waals surface area contributed by atoms with Crippen LogP contribution in [0.4, 0.5) is 0 Å². The molecule has 0 unspecified atom stereocenters. The molecule has 0 atom stereocenters. The molecular formula is C34H26ClN3O2S2. The second-order valence-electron chi connectivity index (χ2n) is 9.91. The van der Waals surface area contributed by atoms with Crippen LogP contribution in [0.3, 0.4) is 0 Å². The van der Waals surface area contributed by atoms with Crippen molar-refractivity contribution in [1.29, 1.82) is 0 Å². The molecule has 2 heterocycles. The number of ether oxygens (including phenoxy) is 1. The van der Waals surface area contributed by atoms with Gasteiger partial charge in [-0.25, -0.2) is 4.68 Å². The van der Waals surface area contributed by atoms with Crippen LogP contribution in [0.15, 0.2) is 114 Å². The van der Waals surface area contributed by atoms with Crippen molar-refractivity contribution >= 4 is 51.9 Å². The second kappa shape index (κ2) is 12.4. The summed E-state index contributed by atoms with van der Waals surface area (Å²) in [4.78, 5) is 15.7. The van der Waals surface area contributed by atoms with Crippen molar-refractivity contribution in [3.8, 4) is 22.7 Å². The summed E-state index contributed by atoms with van der Waals surface area (Å²) < 4.78 is 8.36. The first-order valence-corrected chi connectivity index (χ1v) is 15.0. The molecule has 0 radical (unpaired) electrons. The Kier molecular flexibility index (Phi) is 8.24. The number of benzene rings is 4. The van der Waals surface area contributed by atoms with E-state index in [1.54, 1.807) is 4.90 Å². The van der Waals surface area contributed by atoms with Gasteiger partial charge in [-0.05, 0) is 72.7 Å². The van der Waals surface area contributed by atoms with E-state index in [0.717, 1.165) is 39.4 Å². The Bertz CT molecular complexity index is 1770. The molecule has 42 heavy (non-hydrogen) atoms. The number of carbonyl (C=O) groups excluding carboxylic acids is 1. The molecular weight excluding hydrogens is 582 g/mol. The fraction of sp³-hybridized carbons (Fsp3) is 0.0882. The first-order valence-electron chi connectivity index (χ1n) is 13.4. The van der Waals surface area contributed by atoms with Gasteiger partial charge in [-0.1, -0.05) is 95.7 Å². The minimum atomic E-state index is -0.102. The first-order chi connectivity index (χ1) is 20.4. The van der Waals surface area contributed by atoms with E-state index in [-0.39, 0.29) is 5.91 Å². The van der Waals surface area contributed by atoms with Crippen LogP contribution >= 0.6 is 35.6 Å². The molecule has 0 bridgehead atoms. The van der Waals surface area contributed by atoms with E-state index in [0.29, 0.717) is 27.4 Å². The molecule has 5 nitrogen and oxygen atoms in total. The lowest BCUT2D eigenvalue weighted by Crippen LogP contribution is -2.27. The number of hydrogen-bond donors (Lipinski definition) is 0. The quantitative estimate of drug-likeness (QED) is 0.131. The standard InChI is InChI=1S/C34H26ClN3O2S2/c1-23-7-9-24(10-8-23)20-37-33(39)31(42-34(37)41)19-27-21-38(29-5-3-2-4-6-29)36-32(27)26-13-17-30(18-14-26)40-22-25-11-15-28(35)16-12-25/h2-19,21H,20,22H2,1H3. The summed E-state index contributed by atoms with van der Waals surface area (Å²) in [6.07, 6.45) is 3.84. The monoisotopic (exact) mass is 607 g/mol. The highest BCUT2D eigenvalue weighted by molar-refractivity contribution is 8.26. The van der Waals surface area contributed by atoms with Gasteiger partial charge in [-0.3, -0.25) is 9.69 Å². The summed E-state index contributed by atoms with van der Waals surface area (Å²) in [5.41, 5.74) is 6.66. The van der Waals surface area contributed by atoms with Crippen molar-refractivity contribution in [1.82, 2.24) is 14.7 Å². The molecule has 6 rings (SSSR count). The van der Waals surface area contributed by atoms with Gasteiger partial charge in [-0.15, -0.1) is 0 Å². The number of hydrogen-bond acceptors (Lipinski definition) is 5. The van der Waals surface area contributed by atoms with E-state index < -0.39 is 0 Å². The van der Waals surface area contributed by atoms with Crippen LogP contribution in [0.2, 0.25) is 5.02 Å². The molecule has 4 aromatic carbocycles. The zero-order valence-electron chi connectivity index (χ0n) is 22.7. The topological polar surface area (TPSA) is 47.4 Å². The molecule has 0 saturated carbocycles. The third-order valence-electron chi connectivity index (χ3n) is 6.83. The van der Waals surface area contributed by atoms with Crippen molar-refractivity contribution in [2.45, 2.75) is 20.1 Å². The lowest BCUT2D eigenvalue weighted by molar-refractivity contribution is -0.122. The predicted molar refractivity (Wildman–Crippen MR) is 175 cm³/mol. The minimum absolute atomic E-state index is 0.102. The maximum atomic E-state index is 13.5. The Morgan fingerprint density at radius 1 is 0.905 bits per heavy atom. The number of aromatic nitrogens is 2. The number of amides is 1. The average Bonchev–Trinajstić information content (AvgIpc) is 3.55. The first kappa shape index (κ1) is 28.0. The van der Waals surface area contributed by atoms with Gasteiger partial charge in [-0.2, -0.15) is 5.10 Å². The number of aryl methyl sites for hydroxylation is 1. The lowest BCUT2D eigenvalue weighted by atomic mass is 10.1. The lowest BCUT2D eigenvalue weighted by Gasteiger charge is -2.14. The van der Waals surface area contributed by atoms with Crippen molar-refractivity contribution in [3.05, 3.63) is 142 Å². The predicted octanol–water partition coefficient (Wildman–Crippen LogP) is 8.48. The zero-order valence-corrected chi connectivity index (χ0v) is 25.1. The van der Waals surface area contributed by atoms with Gasteiger partial charge in [0, 0.05) is 22.3 Å². The van der Waals surface area contributed by atoms with E-state index in [1.165, 1.54) is 17.3 Å². The normalized spacial score (nSPS) is 14.1. The van der Waals surface area contributed by atoms with Gasteiger partial charge in [0.1, 0.15) is 16.7 Å². The minimum Gasteiger partial charge on any atom is -0.489 e. The number of thiocarbonyl (C=S) groups is 1. The summed E-state index contributed by atoms with van der Waals surface area (Å²) in [5, 5.41) is 5.61.